The van der Waals surface area contributed by atoms with Crippen LogP contribution in [0.4, 0.5) is 5.82 Å². The van der Waals surface area contributed by atoms with E-state index in [0.29, 0.717) is 12.0 Å². The second-order valence-corrected chi connectivity index (χ2v) is 4.12. The van der Waals surface area contributed by atoms with E-state index in [2.05, 4.69) is 24.1 Å². The summed E-state index contributed by atoms with van der Waals surface area (Å²) in [5, 5.41) is 3.26. The smallest absolute Gasteiger partial charge is 0.214 e. The molecule has 0 aliphatic rings. The van der Waals surface area contributed by atoms with Gasteiger partial charge in [0.05, 0.1) is 13.2 Å². The van der Waals surface area contributed by atoms with Crippen LogP contribution in [-0.2, 0) is 4.74 Å². The molecular weight excluding hydrogens is 216 g/mol. The Hall–Kier alpha value is -1.29. The van der Waals surface area contributed by atoms with Gasteiger partial charge >= 0.3 is 0 Å². The van der Waals surface area contributed by atoms with Gasteiger partial charge in [-0.1, -0.05) is 6.07 Å². The fraction of sp³-hybridized carbons (Fsp3) is 0.615. The van der Waals surface area contributed by atoms with Gasteiger partial charge < -0.3 is 14.8 Å². The SMILES string of the molecule is COc1cccc(NCCCCOC(C)C)n1. The topological polar surface area (TPSA) is 43.4 Å². The average molecular weight is 238 g/mol. The first-order valence-corrected chi connectivity index (χ1v) is 6.09. The molecule has 1 aromatic rings. The van der Waals surface area contributed by atoms with E-state index in [-0.39, 0.29) is 0 Å². The number of hydrogen-bond acceptors (Lipinski definition) is 4. The molecule has 0 fully saturated rings. The van der Waals surface area contributed by atoms with E-state index in [9.17, 15) is 0 Å². The van der Waals surface area contributed by atoms with Gasteiger partial charge in [-0.3, -0.25) is 0 Å². The van der Waals surface area contributed by atoms with E-state index in [1.165, 1.54) is 0 Å². The maximum absolute atomic E-state index is 5.47. The van der Waals surface area contributed by atoms with E-state index >= 15 is 0 Å². The molecule has 0 saturated carbocycles. The van der Waals surface area contributed by atoms with Crippen molar-refractivity contribution in [3.05, 3.63) is 18.2 Å². The molecule has 0 aromatic carbocycles. The fourth-order valence-corrected chi connectivity index (χ4v) is 1.39. The minimum absolute atomic E-state index is 0.322. The lowest BCUT2D eigenvalue weighted by atomic mass is 10.3. The molecule has 0 bridgehead atoms. The number of hydrogen-bond donors (Lipinski definition) is 1. The second kappa shape index (κ2) is 7.90. The summed E-state index contributed by atoms with van der Waals surface area (Å²) in [6.07, 6.45) is 2.46. The predicted octanol–water partition coefficient (Wildman–Crippen LogP) is 2.71. The van der Waals surface area contributed by atoms with Gasteiger partial charge in [-0.25, -0.2) is 0 Å². The number of methoxy groups -OCH3 is 1. The van der Waals surface area contributed by atoms with Crippen molar-refractivity contribution >= 4 is 5.82 Å². The molecule has 0 unspecified atom stereocenters. The highest BCUT2D eigenvalue weighted by molar-refractivity contribution is 5.36. The highest BCUT2D eigenvalue weighted by Gasteiger charge is 1.97. The van der Waals surface area contributed by atoms with E-state index in [0.717, 1.165) is 31.8 Å². The van der Waals surface area contributed by atoms with Crippen molar-refractivity contribution in [2.45, 2.75) is 32.8 Å². The average Bonchev–Trinajstić information content (AvgIpc) is 2.33. The molecule has 4 heteroatoms. The molecule has 0 spiro atoms. The summed E-state index contributed by atoms with van der Waals surface area (Å²) in [4.78, 5) is 4.27. The third-order valence-electron chi connectivity index (χ3n) is 2.26. The van der Waals surface area contributed by atoms with Crippen molar-refractivity contribution in [3.63, 3.8) is 0 Å². The molecular formula is C13H22N2O2. The summed E-state index contributed by atoms with van der Waals surface area (Å²) in [7, 11) is 1.62. The van der Waals surface area contributed by atoms with Gasteiger partial charge in [0, 0.05) is 19.2 Å². The Kier molecular flexibility index (Phi) is 6.40. The van der Waals surface area contributed by atoms with Gasteiger partial charge in [0.2, 0.25) is 5.88 Å². The molecule has 96 valence electrons. The third-order valence-corrected chi connectivity index (χ3v) is 2.26. The van der Waals surface area contributed by atoms with Gasteiger partial charge in [0.1, 0.15) is 5.82 Å². The van der Waals surface area contributed by atoms with Crippen molar-refractivity contribution in [3.8, 4) is 5.88 Å². The summed E-state index contributed by atoms with van der Waals surface area (Å²) in [6, 6.07) is 5.70. The number of anilines is 1. The molecule has 0 saturated heterocycles. The Morgan fingerprint density at radius 2 is 2.12 bits per heavy atom. The molecule has 17 heavy (non-hydrogen) atoms. The molecule has 1 N–H and O–H groups in total. The first kappa shape index (κ1) is 13.8. The monoisotopic (exact) mass is 238 g/mol. The lowest BCUT2D eigenvalue weighted by Crippen LogP contribution is -2.07. The molecule has 1 heterocycles. The van der Waals surface area contributed by atoms with Crippen LogP contribution in [0.15, 0.2) is 18.2 Å². The van der Waals surface area contributed by atoms with Crippen molar-refractivity contribution in [2.75, 3.05) is 25.6 Å². The third kappa shape index (κ3) is 6.12. The number of ether oxygens (including phenoxy) is 2. The van der Waals surface area contributed by atoms with Gasteiger partial charge in [0.15, 0.2) is 0 Å². The maximum Gasteiger partial charge on any atom is 0.214 e. The van der Waals surface area contributed by atoms with E-state index in [4.69, 9.17) is 9.47 Å². The van der Waals surface area contributed by atoms with Gasteiger partial charge in [-0.2, -0.15) is 4.98 Å². The summed E-state index contributed by atoms with van der Waals surface area (Å²) in [6.45, 7) is 5.84. The van der Waals surface area contributed by atoms with Gasteiger partial charge in [0.25, 0.3) is 0 Å². The Morgan fingerprint density at radius 1 is 1.29 bits per heavy atom. The van der Waals surface area contributed by atoms with Crippen LogP contribution in [0, 0.1) is 0 Å². The molecule has 0 atom stereocenters. The second-order valence-electron chi connectivity index (χ2n) is 4.12. The summed E-state index contributed by atoms with van der Waals surface area (Å²) in [5.41, 5.74) is 0. The van der Waals surface area contributed by atoms with Gasteiger partial charge in [-0.05, 0) is 32.8 Å². The Labute approximate surface area is 103 Å². The number of unbranched alkanes of at least 4 members (excludes halogenated alkanes) is 1. The lowest BCUT2D eigenvalue weighted by molar-refractivity contribution is 0.0765. The normalized spacial score (nSPS) is 10.6. The molecule has 1 aromatic heterocycles. The number of aromatic nitrogens is 1. The zero-order valence-corrected chi connectivity index (χ0v) is 10.9. The lowest BCUT2D eigenvalue weighted by Gasteiger charge is -2.08. The van der Waals surface area contributed by atoms with Crippen LogP contribution in [-0.4, -0.2) is 31.3 Å². The van der Waals surface area contributed by atoms with Crippen molar-refractivity contribution in [1.29, 1.82) is 0 Å². The number of nitrogens with zero attached hydrogens (tertiary/aromatic N) is 1. The minimum atomic E-state index is 0.322. The fourth-order valence-electron chi connectivity index (χ4n) is 1.39. The standard InChI is InChI=1S/C13H22N2O2/c1-11(2)17-10-5-4-9-14-12-7-6-8-13(15-12)16-3/h6-8,11H,4-5,9-10H2,1-3H3,(H,14,15). The maximum atomic E-state index is 5.47. The van der Waals surface area contributed by atoms with Crippen molar-refractivity contribution < 1.29 is 9.47 Å². The van der Waals surface area contributed by atoms with Crippen LogP contribution >= 0.6 is 0 Å². The van der Waals surface area contributed by atoms with E-state index in [1.54, 1.807) is 7.11 Å². The highest BCUT2D eigenvalue weighted by Crippen LogP contribution is 2.10. The minimum Gasteiger partial charge on any atom is -0.481 e. The zero-order chi connectivity index (χ0) is 12.5. The van der Waals surface area contributed by atoms with Crippen LogP contribution in [0.2, 0.25) is 0 Å². The van der Waals surface area contributed by atoms with Crippen LogP contribution in [0.3, 0.4) is 0 Å². The molecule has 4 nitrogen and oxygen atoms in total. The number of pyridine rings is 1. The molecule has 0 radical (unpaired) electrons. The summed E-state index contributed by atoms with van der Waals surface area (Å²) < 4.78 is 10.5. The summed E-state index contributed by atoms with van der Waals surface area (Å²) in [5.74, 6) is 1.49. The first-order valence-electron chi connectivity index (χ1n) is 6.09. The van der Waals surface area contributed by atoms with E-state index < -0.39 is 0 Å². The van der Waals surface area contributed by atoms with Gasteiger partial charge in [-0.15, -0.1) is 0 Å². The van der Waals surface area contributed by atoms with Crippen LogP contribution in [0.1, 0.15) is 26.7 Å². The molecule has 0 aliphatic carbocycles. The van der Waals surface area contributed by atoms with Crippen molar-refractivity contribution in [2.24, 2.45) is 0 Å². The quantitative estimate of drug-likeness (QED) is 0.707. The molecule has 0 aliphatic heterocycles. The number of rotatable bonds is 8. The van der Waals surface area contributed by atoms with Crippen LogP contribution in [0.5, 0.6) is 5.88 Å². The summed E-state index contributed by atoms with van der Waals surface area (Å²) >= 11 is 0. The van der Waals surface area contributed by atoms with E-state index in [1.807, 2.05) is 18.2 Å². The highest BCUT2D eigenvalue weighted by atomic mass is 16.5. The molecule has 0 amide bonds. The largest absolute Gasteiger partial charge is 0.481 e. The van der Waals surface area contributed by atoms with Crippen molar-refractivity contribution in [1.82, 2.24) is 4.98 Å². The first-order chi connectivity index (χ1) is 8.22. The Bertz CT molecular complexity index is 316. The Balaban J connectivity index is 2.13. The predicted molar refractivity (Wildman–Crippen MR) is 69.6 cm³/mol. The van der Waals surface area contributed by atoms with Crippen LogP contribution < -0.4 is 10.1 Å². The molecule has 1 rings (SSSR count). The number of nitrogens with one attached hydrogen (secondary N) is 1. The van der Waals surface area contributed by atoms with Crippen LogP contribution in [0.25, 0.3) is 0 Å². The Morgan fingerprint density at radius 3 is 2.82 bits per heavy atom. The zero-order valence-electron chi connectivity index (χ0n) is 10.9.